The molecule has 0 saturated carbocycles. The molecular weight excluding hydrogens is 212 g/mol. The van der Waals surface area contributed by atoms with Crippen molar-refractivity contribution < 1.29 is 9.53 Å². The Bertz CT molecular complexity index is 366. The monoisotopic (exact) mass is 223 g/mol. The smallest absolute Gasteiger partial charge is 0.237 e. The molecule has 1 rings (SSSR count). The van der Waals surface area contributed by atoms with E-state index in [4.69, 9.17) is 4.74 Å². The normalized spacial score (nSPS) is 10.5. The largest absolute Gasteiger partial charge is 0.501 e. The van der Waals surface area contributed by atoms with Crippen molar-refractivity contribution in [2.75, 3.05) is 12.9 Å². The van der Waals surface area contributed by atoms with Gasteiger partial charge in [0.15, 0.2) is 5.16 Å². The number of carbonyl (C=O) groups excluding carboxylic acids is 1. The Morgan fingerprint density at radius 3 is 3.07 bits per heavy atom. The third kappa shape index (κ3) is 3.36. The third-order valence-corrected chi connectivity index (χ3v) is 2.14. The van der Waals surface area contributed by atoms with E-state index in [0.29, 0.717) is 23.0 Å². The van der Waals surface area contributed by atoms with Crippen molar-refractivity contribution in [1.82, 2.24) is 9.97 Å². The lowest BCUT2D eigenvalue weighted by Gasteiger charge is -1.99. The minimum atomic E-state index is 0.337. The van der Waals surface area contributed by atoms with E-state index < -0.39 is 0 Å². The van der Waals surface area contributed by atoms with Crippen molar-refractivity contribution in [2.45, 2.75) is 12.1 Å². The molecule has 79 valence electrons. The van der Waals surface area contributed by atoms with E-state index in [1.165, 1.54) is 24.2 Å². The minimum absolute atomic E-state index is 0.337. The van der Waals surface area contributed by atoms with Crippen LogP contribution in [0.15, 0.2) is 17.6 Å². The lowest BCUT2D eigenvalue weighted by molar-refractivity contribution is 0.272. The number of hydrogen-bond acceptors (Lipinski definition) is 5. The molecule has 1 heterocycles. The first-order valence-corrected chi connectivity index (χ1v) is 5.61. The second kappa shape index (κ2) is 6.19. The first-order valence-electron chi connectivity index (χ1n) is 4.39. The van der Waals surface area contributed by atoms with Gasteiger partial charge in [0.1, 0.15) is 0 Å². The van der Waals surface area contributed by atoms with E-state index in [1.807, 2.05) is 13.2 Å². The highest BCUT2D eigenvalue weighted by atomic mass is 32.2. The van der Waals surface area contributed by atoms with Crippen molar-refractivity contribution >= 4 is 24.1 Å². The van der Waals surface area contributed by atoms with E-state index in [9.17, 15) is 4.79 Å². The fourth-order valence-electron chi connectivity index (χ4n) is 0.891. The highest BCUT2D eigenvalue weighted by Gasteiger charge is 2.03. The SMILES string of the molecule is CCO/C=C\c1nc(SC)ncc1[C]=O. The molecule has 0 saturated heterocycles. The van der Waals surface area contributed by atoms with Crippen LogP contribution in [0.3, 0.4) is 0 Å². The second-order valence-corrected chi connectivity index (χ2v) is 3.29. The zero-order valence-corrected chi connectivity index (χ0v) is 9.37. The van der Waals surface area contributed by atoms with Gasteiger partial charge in [-0.1, -0.05) is 11.8 Å². The van der Waals surface area contributed by atoms with Crippen molar-refractivity contribution in [3.8, 4) is 0 Å². The average Bonchev–Trinajstić information content (AvgIpc) is 2.29. The summed E-state index contributed by atoms with van der Waals surface area (Å²) < 4.78 is 5.03. The Kier molecular flexibility index (Phi) is 4.83. The fourth-order valence-corrected chi connectivity index (χ4v) is 1.24. The summed E-state index contributed by atoms with van der Waals surface area (Å²) in [5.74, 6) is 0. The first kappa shape index (κ1) is 11.7. The van der Waals surface area contributed by atoms with E-state index >= 15 is 0 Å². The number of hydrogen-bond donors (Lipinski definition) is 0. The molecule has 0 unspecified atom stereocenters. The Labute approximate surface area is 92.8 Å². The molecule has 4 nitrogen and oxygen atoms in total. The molecule has 1 radical (unpaired) electrons. The Hall–Kier alpha value is -1.36. The van der Waals surface area contributed by atoms with E-state index in [2.05, 4.69) is 9.97 Å². The van der Waals surface area contributed by atoms with Crippen molar-refractivity contribution in [2.24, 2.45) is 0 Å². The summed E-state index contributed by atoms with van der Waals surface area (Å²) in [6, 6.07) is 0. The van der Waals surface area contributed by atoms with Crippen LogP contribution in [-0.2, 0) is 9.53 Å². The van der Waals surface area contributed by atoms with E-state index in [0.717, 1.165) is 0 Å². The van der Waals surface area contributed by atoms with Crippen LogP contribution in [0.4, 0.5) is 0 Å². The molecular formula is C10H11N2O2S. The standard InChI is InChI=1S/C10H11N2O2S/c1-3-14-5-4-9-8(7-13)6-11-10(12-9)15-2/h4-6H,3H2,1-2H3/b5-4-. The summed E-state index contributed by atoms with van der Waals surface area (Å²) >= 11 is 1.41. The maximum Gasteiger partial charge on any atom is 0.237 e. The van der Waals surface area contributed by atoms with Gasteiger partial charge in [-0.15, -0.1) is 0 Å². The van der Waals surface area contributed by atoms with Crippen LogP contribution in [0.1, 0.15) is 18.2 Å². The van der Waals surface area contributed by atoms with Crippen LogP contribution < -0.4 is 0 Å². The topological polar surface area (TPSA) is 52.1 Å². The van der Waals surface area contributed by atoms with Crippen molar-refractivity contribution in [3.05, 3.63) is 23.7 Å². The Morgan fingerprint density at radius 1 is 1.67 bits per heavy atom. The van der Waals surface area contributed by atoms with Crippen LogP contribution in [0.2, 0.25) is 0 Å². The molecule has 0 fully saturated rings. The summed E-state index contributed by atoms with van der Waals surface area (Å²) in [7, 11) is 0. The van der Waals surface area contributed by atoms with Crippen molar-refractivity contribution in [3.63, 3.8) is 0 Å². The number of nitrogens with zero attached hydrogens (tertiary/aromatic N) is 2. The maximum atomic E-state index is 10.6. The summed E-state index contributed by atoms with van der Waals surface area (Å²) in [4.78, 5) is 18.7. The lowest BCUT2D eigenvalue weighted by Crippen LogP contribution is -1.96. The van der Waals surface area contributed by atoms with Crippen LogP contribution in [-0.4, -0.2) is 29.1 Å². The zero-order chi connectivity index (χ0) is 11.1. The van der Waals surface area contributed by atoms with Gasteiger partial charge in [0, 0.05) is 6.20 Å². The first-order chi connectivity index (χ1) is 7.31. The molecule has 0 aliphatic rings. The Morgan fingerprint density at radius 2 is 2.47 bits per heavy atom. The van der Waals surface area contributed by atoms with Gasteiger partial charge in [0.05, 0.1) is 24.1 Å². The molecule has 15 heavy (non-hydrogen) atoms. The van der Waals surface area contributed by atoms with Gasteiger partial charge in [-0.05, 0) is 19.3 Å². The number of ether oxygens (including phenoxy) is 1. The summed E-state index contributed by atoms with van der Waals surface area (Å²) in [6.45, 7) is 2.46. The van der Waals surface area contributed by atoms with Gasteiger partial charge < -0.3 is 4.74 Å². The van der Waals surface area contributed by atoms with Gasteiger partial charge >= 0.3 is 0 Å². The molecule has 0 amide bonds. The second-order valence-electron chi connectivity index (χ2n) is 2.52. The van der Waals surface area contributed by atoms with Crippen LogP contribution in [0.25, 0.3) is 6.08 Å². The molecule has 0 bridgehead atoms. The van der Waals surface area contributed by atoms with Crippen molar-refractivity contribution in [1.29, 1.82) is 0 Å². The average molecular weight is 223 g/mol. The quantitative estimate of drug-likeness (QED) is 0.431. The van der Waals surface area contributed by atoms with Gasteiger partial charge in [-0.3, -0.25) is 4.79 Å². The molecule has 0 aliphatic carbocycles. The summed E-state index contributed by atoms with van der Waals surface area (Å²) in [6.07, 6.45) is 8.25. The molecule has 0 atom stereocenters. The van der Waals surface area contributed by atoms with Gasteiger partial charge in [-0.25, -0.2) is 9.97 Å². The molecule has 5 heteroatoms. The summed E-state index contributed by atoms with van der Waals surface area (Å²) in [5.41, 5.74) is 0.863. The maximum absolute atomic E-state index is 10.6. The predicted octanol–water partition coefficient (Wildman–Crippen LogP) is 1.66. The molecule has 0 aromatic carbocycles. The number of thioether (sulfide) groups is 1. The molecule has 1 aromatic heterocycles. The third-order valence-electron chi connectivity index (χ3n) is 1.58. The van der Waals surface area contributed by atoms with Gasteiger partial charge in [-0.2, -0.15) is 0 Å². The zero-order valence-electron chi connectivity index (χ0n) is 8.56. The summed E-state index contributed by atoms with van der Waals surface area (Å²) in [5, 5.41) is 0.616. The van der Waals surface area contributed by atoms with Crippen LogP contribution >= 0.6 is 11.8 Å². The number of rotatable bonds is 5. The highest BCUT2D eigenvalue weighted by Crippen LogP contribution is 2.12. The van der Waals surface area contributed by atoms with E-state index in [-0.39, 0.29) is 0 Å². The van der Waals surface area contributed by atoms with Gasteiger partial charge in [0.25, 0.3) is 0 Å². The Balaban J connectivity index is 2.95. The molecule has 0 spiro atoms. The molecule has 1 aromatic rings. The molecule has 0 aliphatic heterocycles. The number of aromatic nitrogens is 2. The highest BCUT2D eigenvalue weighted by molar-refractivity contribution is 7.98. The minimum Gasteiger partial charge on any atom is -0.501 e. The molecule has 0 N–H and O–H groups in total. The lowest BCUT2D eigenvalue weighted by atomic mass is 10.2. The van der Waals surface area contributed by atoms with Crippen LogP contribution in [0.5, 0.6) is 0 Å². The predicted molar refractivity (Wildman–Crippen MR) is 59.3 cm³/mol. The van der Waals surface area contributed by atoms with Gasteiger partial charge in [0.2, 0.25) is 6.29 Å². The van der Waals surface area contributed by atoms with E-state index in [1.54, 1.807) is 12.4 Å². The van der Waals surface area contributed by atoms with Crippen LogP contribution in [0, 0.1) is 0 Å². The fraction of sp³-hybridized carbons (Fsp3) is 0.300.